The van der Waals surface area contributed by atoms with Gasteiger partial charge in [0.1, 0.15) is 0 Å². The lowest BCUT2D eigenvalue weighted by Crippen LogP contribution is -2.47. The Morgan fingerprint density at radius 3 is 2.75 bits per heavy atom. The topological polar surface area (TPSA) is 76.4 Å². The van der Waals surface area contributed by atoms with Crippen LogP contribution in [0, 0.1) is 13.8 Å². The summed E-state index contributed by atoms with van der Waals surface area (Å²) in [6, 6.07) is 8.30. The van der Waals surface area contributed by atoms with Gasteiger partial charge in [0.25, 0.3) is 5.91 Å². The number of carbonyl (C=O) groups is 1. The van der Waals surface area contributed by atoms with E-state index in [4.69, 9.17) is 4.74 Å². The number of hydrogen-bond acceptors (Lipinski definition) is 6. The minimum Gasteiger partial charge on any atom is -0.466 e. The molecule has 8 heteroatoms. The zero-order chi connectivity index (χ0) is 22.7. The van der Waals surface area contributed by atoms with Crippen molar-refractivity contribution in [2.24, 2.45) is 7.05 Å². The number of rotatable bonds is 7. The summed E-state index contributed by atoms with van der Waals surface area (Å²) in [5.41, 5.74) is 3.89. The quantitative estimate of drug-likeness (QED) is 0.567. The van der Waals surface area contributed by atoms with E-state index < -0.39 is 0 Å². The van der Waals surface area contributed by atoms with E-state index in [9.17, 15) is 4.79 Å². The highest BCUT2D eigenvalue weighted by Crippen LogP contribution is 2.27. The van der Waals surface area contributed by atoms with Crippen molar-refractivity contribution in [1.82, 2.24) is 29.5 Å². The standard InChI is InChI=1S/C24H32N6O2/c1-17-15-18(2)26-23-22(17)24(27-29(23)4)32-16-21(31)28(3)20-9-13-30(14-10-20)12-8-19-7-5-6-11-25-19/h5-7,11,15,20H,8-10,12-14,16H2,1-4H3. The van der Waals surface area contributed by atoms with Crippen molar-refractivity contribution in [3.8, 4) is 5.88 Å². The van der Waals surface area contributed by atoms with Crippen molar-refractivity contribution in [2.45, 2.75) is 39.2 Å². The molecule has 8 nitrogen and oxygen atoms in total. The number of ether oxygens (including phenoxy) is 1. The van der Waals surface area contributed by atoms with E-state index in [2.05, 4.69) is 26.0 Å². The Balaban J connectivity index is 1.28. The fourth-order valence-corrected chi connectivity index (χ4v) is 4.43. The molecule has 0 bridgehead atoms. The van der Waals surface area contributed by atoms with E-state index in [1.807, 2.05) is 57.2 Å². The zero-order valence-corrected chi connectivity index (χ0v) is 19.4. The number of hydrogen-bond donors (Lipinski definition) is 0. The molecule has 4 rings (SSSR count). The molecule has 0 N–H and O–H groups in total. The fraction of sp³-hybridized carbons (Fsp3) is 0.500. The van der Waals surface area contributed by atoms with Gasteiger partial charge in [0.05, 0.1) is 5.39 Å². The molecule has 0 atom stereocenters. The molecule has 4 heterocycles. The first-order valence-electron chi connectivity index (χ1n) is 11.2. The maximum Gasteiger partial charge on any atom is 0.260 e. The maximum atomic E-state index is 12.8. The molecule has 1 amide bonds. The van der Waals surface area contributed by atoms with Crippen molar-refractivity contribution in [2.75, 3.05) is 33.3 Å². The van der Waals surface area contributed by atoms with Gasteiger partial charge in [0, 0.05) is 63.8 Å². The average molecular weight is 437 g/mol. The number of nitrogens with zero attached hydrogens (tertiary/aromatic N) is 6. The van der Waals surface area contributed by atoms with Crippen molar-refractivity contribution >= 4 is 16.9 Å². The van der Waals surface area contributed by atoms with Crippen LogP contribution in [0.15, 0.2) is 30.5 Å². The van der Waals surface area contributed by atoms with Crippen LogP contribution in [0.3, 0.4) is 0 Å². The van der Waals surface area contributed by atoms with Crippen LogP contribution >= 0.6 is 0 Å². The van der Waals surface area contributed by atoms with Crippen LogP contribution in [0.4, 0.5) is 0 Å². The summed E-state index contributed by atoms with van der Waals surface area (Å²) in [5, 5.41) is 5.31. The largest absolute Gasteiger partial charge is 0.466 e. The van der Waals surface area contributed by atoms with Crippen molar-refractivity contribution in [1.29, 1.82) is 0 Å². The van der Waals surface area contributed by atoms with Gasteiger partial charge in [0.15, 0.2) is 12.3 Å². The fourth-order valence-electron chi connectivity index (χ4n) is 4.43. The SMILES string of the molecule is Cc1cc(C)c2c(OCC(=O)N(C)C3CCN(CCc4ccccn4)CC3)nn(C)c2n1. The normalized spacial score (nSPS) is 15.2. The second-order valence-corrected chi connectivity index (χ2v) is 8.65. The molecule has 0 unspecified atom stereocenters. The third-order valence-electron chi connectivity index (χ3n) is 6.33. The molecule has 0 aromatic carbocycles. The van der Waals surface area contributed by atoms with E-state index >= 15 is 0 Å². The summed E-state index contributed by atoms with van der Waals surface area (Å²) in [7, 11) is 3.73. The average Bonchev–Trinajstić information content (AvgIpc) is 3.12. The zero-order valence-electron chi connectivity index (χ0n) is 19.4. The molecule has 1 saturated heterocycles. The highest BCUT2D eigenvalue weighted by molar-refractivity contribution is 5.85. The van der Waals surface area contributed by atoms with Gasteiger partial charge in [-0.2, -0.15) is 0 Å². The van der Waals surface area contributed by atoms with E-state index in [0.717, 1.165) is 66.9 Å². The predicted molar refractivity (Wildman–Crippen MR) is 124 cm³/mol. The van der Waals surface area contributed by atoms with Gasteiger partial charge in [-0.3, -0.25) is 9.78 Å². The summed E-state index contributed by atoms with van der Waals surface area (Å²) < 4.78 is 7.57. The van der Waals surface area contributed by atoms with Crippen molar-refractivity contribution in [3.63, 3.8) is 0 Å². The molecule has 32 heavy (non-hydrogen) atoms. The summed E-state index contributed by atoms with van der Waals surface area (Å²) in [6.07, 6.45) is 4.75. The smallest absolute Gasteiger partial charge is 0.260 e. The Morgan fingerprint density at radius 1 is 1.25 bits per heavy atom. The number of piperidine rings is 1. The molecule has 1 aliphatic rings. The van der Waals surface area contributed by atoms with Gasteiger partial charge in [-0.1, -0.05) is 6.07 Å². The number of pyridine rings is 2. The molecule has 3 aromatic heterocycles. The number of fused-ring (bicyclic) bond motifs is 1. The van der Waals surface area contributed by atoms with Crippen LogP contribution < -0.4 is 4.74 Å². The molecule has 0 spiro atoms. The first kappa shape index (κ1) is 22.2. The highest BCUT2D eigenvalue weighted by Gasteiger charge is 2.26. The van der Waals surface area contributed by atoms with Gasteiger partial charge in [0.2, 0.25) is 5.88 Å². The second kappa shape index (κ2) is 9.65. The molecule has 0 radical (unpaired) electrons. The molecule has 0 saturated carbocycles. The lowest BCUT2D eigenvalue weighted by molar-refractivity contribution is -0.135. The number of likely N-dealkylation sites (tertiary alicyclic amines) is 1. The van der Waals surface area contributed by atoms with Crippen molar-refractivity contribution < 1.29 is 9.53 Å². The molecule has 0 aliphatic carbocycles. The Hall–Kier alpha value is -3.00. The number of aryl methyl sites for hydroxylation is 3. The summed E-state index contributed by atoms with van der Waals surface area (Å²) in [4.78, 5) is 26.1. The van der Waals surface area contributed by atoms with Gasteiger partial charge in [-0.25, -0.2) is 9.67 Å². The first-order valence-corrected chi connectivity index (χ1v) is 11.2. The molecular weight excluding hydrogens is 404 g/mol. The van der Waals surface area contributed by atoms with Crippen LogP contribution in [0.5, 0.6) is 5.88 Å². The number of carbonyl (C=O) groups excluding carboxylic acids is 1. The molecule has 1 fully saturated rings. The maximum absolute atomic E-state index is 12.8. The number of likely N-dealkylation sites (N-methyl/N-ethyl adjacent to an activating group) is 1. The Morgan fingerprint density at radius 2 is 2.03 bits per heavy atom. The van der Waals surface area contributed by atoms with Gasteiger partial charge < -0.3 is 14.5 Å². The molecule has 1 aliphatic heterocycles. The third-order valence-corrected chi connectivity index (χ3v) is 6.33. The second-order valence-electron chi connectivity index (χ2n) is 8.65. The van der Waals surface area contributed by atoms with Gasteiger partial charge in [-0.15, -0.1) is 5.10 Å². The van der Waals surface area contributed by atoms with Crippen LogP contribution in [-0.4, -0.2) is 74.8 Å². The Labute approximate surface area is 189 Å². The first-order chi connectivity index (χ1) is 15.4. The van der Waals surface area contributed by atoms with E-state index in [0.29, 0.717) is 5.88 Å². The van der Waals surface area contributed by atoms with E-state index in [1.54, 1.807) is 4.68 Å². The van der Waals surface area contributed by atoms with Crippen LogP contribution in [0.2, 0.25) is 0 Å². The Kier molecular flexibility index (Phi) is 6.69. The summed E-state index contributed by atoms with van der Waals surface area (Å²) in [5.74, 6) is 0.451. The third kappa shape index (κ3) is 4.91. The lowest BCUT2D eigenvalue weighted by atomic mass is 10.0. The van der Waals surface area contributed by atoms with Gasteiger partial charge >= 0.3 is 0 Å². The minimum atomic E-state index is -0.0199. The predicted octanol–water partition coefficient (Wildman–Crippen LogP) is 2.52. The molecular formula is C24H32N6O2. The highest BCUT2D eigenvalue weighted by atomic mass is 16.5. The molecule has 3 aromatic rings. The summed E-state index contributed by atoms with van der Waals surface area (Å²) >= 11 is 0. The van der Waals surface area contributed by atoms with Crippen LogP contribution in [0.25, 0.3) is 11.0 Å². The van der Waals surface area contributed by atoms with Crippen LogP contribution in [-0.2, 0) is 18.3 Å². The van der Waals surface area contributed by atoms with Crippen LogP contribution in [0.1, 0.15) is 29.8 Å². The van der Waals surface area contributed by atoms with Crippen molar-refractivity contribution in [3.05, 3.63) is 47.4 Å². The Bertz CT molecular complexity index is 1070. The van der Waals surface area contributed by atoms with E-state index in [1.165, 1.54) is 0 Å². The molecule has 170 valence electrons. The number of aromatic nitrogens is 4. The number of amides is 1. The summed E-state index contributed by atoms with van der Waals surface area (Å²) in [6.45, 7) is 6.94. The van der Waals surface area contributed by atoms with E-state index in [-0.39, 0.29) is 18.6 Å². The lowest BCUT2D eigenvalue weighted by Gasteiger charge is -2.36. The monoisotopic (exact) mass is 436 g/mol. The minimum absolute atomic E-state index is 0.0180. The van der Waals surface area contributed by atoms with Gasteiger partial charge in [-0.05, 0) is 50.5 Å².